The number of aryl methyl sites for hydroxylation is 1. The van der Waals surface area contributed by atoms with Gasteiger partial charge in [0.25, 0.3) is 5.91 Å². The summed E-state index contributed by atoms with van der Waals surface area (Å²) in [5.74, 6) is 0.798. The van der Waals surface area contributed by atoms with Crippen LogP contribution in [-0.4, -0.2) is 42.2 Å². The maximum Gasteiger partial charge on any atom is 0.338 e. The van der Waals surface area contributed by atoms with Crippen LogP contribution in [0.4, 0.5) is 0 Å². The van der Waals surface area contributed by atoms with Gasteiger partial charge in [-0.15, -0.1) is 0 Å². The molecule has 0 N–H and O–H groups in total. The third-order valence-electron chi connectivity index (χ3n) is 4.23. The molecule has 3 aromatic rings. The van der Waals surface area contributed by atoms with Gasteiger partial charge in [-0.2, -0.15) is 16.8 Å². The molecule has 0 atom stereocenters. The van der Waals surface area contributed by atoms with E-state index in [-0.39, 0.29) is 11.9 Å². The zero-order valence-electron chi connectivity index (χ0n) is 16.5. The maximum atomic E-state index is 12.7. The number of ether oxygens (including phenoxy) is 2. The van der Waals surface area contributed by atoms with Crippen LogP contribution in [0.25, 0.3) is 10.2 Å². The molecule has 152 valence electrons. The van der Waals surface area contributed by atoms with Gasteiger partial charge in [0.1, 0.15) is 5.75 Å². The van der Waals surface area contributed by atoms with E-state index in [2.05, 4.69) is 4.99 Å². The zero-order valence-corrected chi connectivity index (χ0v) is 18.1. The van der Waals surface area contributed by atoms with E-state index in [1.54, 1.807) is 62.2 Å². The average molecular weight is 431 g/mol. The minimum atomic E-state index is -0.357. The molecular formula is C21H22N2O4S2. The number of hydrogen-bond acceptors (Lipinski definition) is 6. The lowest BCUT2D eigenvalue weighted by molar-refractivity contribution is 0.0526. The Morgan fingerprint density at radius 1 is 1.17 bits per heavy atom. The molecule has 0 radical (unpaired) electrons. The quantitative estimate of drug-likeness (QED) is 0.530. The Balaban J connectivity index is 2.07. The minimum Gasteiger partial charge on any atom is -0.497 e. The highest BCUT2D eigenvalue weighted by Crippen LogP contribution is 2.21. The van der Waals surface area contributed by atoms with E-state index in [1.165, 1.54) is 11.3 Å². The molecule has 0 aliphatic heterocycles. The molecule has 0 unspecified atom stereocenters. The predicted octanol–water partition coefficient (Wildman–Crippen LogP) is 3.99. The van der Waals surface area contributed by atoms with Crippen LogP contribution in [0.5, 0.6) is 5.75 Å². The zero-order chi connectivity index (χ0) is 20.8. The second-order valence-corrected chi connectivity index (χ2v) is 8.08. The third-order valence-corrected chi connectivity index (χ3v) is 5.86. The lowest BCUT2D eigenvalue weighted by Gasteiger charge is -2.05. The van der Waals surface area contributed by atoms with Crippen LogP contribution in [0.1, 0.15) is 27.6 Å². The molecule has 2 aromatic carbocycles. The third kappa shape index (κ3) is 4.89. The van der Waals surface area contributed by atoms with Crippen molar-refractivity contribution >= 4 is 45.2 Å². The number of methoxy groups -OCH3 is 1. The number of amides is 1. The van der Waals surface area contributed by atoms with E-state index in [0.717, 1.165) is 16.0 Å². The van der Waals surface area contributed by atoms with Crippen molar-refractivity contribution in [3.63, 3.8) is 0 Å². The van der Waals surface area contributed by atoms with Gasteiger partial charge in [-0.25, -0.2) is 4.79 Å². The lowest BCUT2D eigenvalue weighted by Crippen LogP contribution is -2.18. The fraction of sp³-hybridized carbons (Fsp3) is 0.286. The number of esters is 1. The fourth-order valence-electron chi connectivity index (χ4n) is 2.81. The van der Waals surface area contributed by atoms with Crippen molar-refractivity contribution in [2.24, 2.45) is 4.99 Å². The first-order valence-corrected chi connectivity index (χ1v) is 11.3. The van der Waals surface area contributed by atoms with E-state index in [4.69, 9.17) is 9.47 Å². The molecule has 0 saturated carbocycles. The number of carbonyl (C=O) groups is 2. The molecule has 0 spiro atoms. The van der Waals surface area contributed by atoms with Crippen molar-refractivity contribution in [3.8, 4) is 5.75 Å². The normalized spacial score (nSPS) is 11.6. The highest BCUT2D eigenvalue weighted by atomic mass is 32.2. The van der Waals surface area contributed by atoms with Crippen molar-refractivity contribution < 1.29 is 19.1 Å². The minimum absolute atomic E-state index is 0.324. The summed E-state index contributed by atoms with van der Waals surface area (Å²) in [6, 6.07) is 12.4. The topological polar surface area (TPSA) is 69.9 Å². The van der Waals surface area contributed by atoms with Crippen molar-refractivity contribution in [1.82, 2.24) is 4.57 Å². The molecule has 1 amide bonds. The van der Waals surface area contributed by atoms with Crippen LogP contribution in [0.2, 0.25) is 0 Å². The number of aromatic nitrogens is 1. The summed E-state index contributed by atoms with van der Waals surface area (Å²) in [7, 11) is 1.56. The van der Waals surface area contributed by atoms with Gasteiger partial charge < -0.3 is 14.0 Å². The van der Waals surface area contributed by atoms with Crippen molar-refractivity contribution in [3.05, 3.63) is 58.4 Å². The predicted molar refractivity (Wildman–Crippen MR) is 117 cm³/mol. The molecule has 1 heterocycles. The molecule has 0 saturated heterocycles. The summed E-state index contributed by atoms with van der Waals surface area (Å²) in [6.45, 7) is 2.81. The molecule has 0 bridgehead atoms. The highest BCUT2D eigenvalue weighted by Gasteiger charge is 2.13. The van der Waals surface area contributed by atoms with Gasteiger partial charge in [-0.1, -0.05) is 17.4 Å². The van der Waals surface area contributed by atoms with Gasteiger partial charge in [0.15, 0.2) is 4.80 Å². The fourth-order valence-corrected chi connectivity index (χ4v) is 4.27. The Hall–Kier alpha value is -2.58. The number of thiazole rings is 1. The standard InChI is InChI=1S/C21H22N2O4S2/c1-4-27-20(25)15-8-9-17-18(13-15)29-21(23(17)10-11-28-3)22-19(24)14-6-5-7-16(12-14)26-2/h5-9,12-13H,4,10-11H2,1-3H3. The Bertz CT molecular complexity index is 1100. The Labute approximate surface area is 177 Å². The van der Waals surface area contributed by atoms with Crippen LogP contribution in [0.15, 0.2) is 47.5 Å². The van der Waals surface area contributed by atoms with Gasteiger partial charge in [-0.3, -0.25) is 4.79 Å². The largest absolute Gasteiger partial charge is 0.497 e. The monoisotopic (exact) mass is 430 g/mol. The smallest absolute Gasteiger partial charge is 0.338 e. The second kappa shape index (κ2) is 9.76. The summed E-state index contributed by atoms with van der Waals surface area (Å²) >= 11 is 3.10. The summed E-state index contributed by atoms with van der Waals surface area (Å²) in [5.41, 5.74) is 1.89. The molecule has 6 nitrogen and oxygen atoms in total. The molecule has 0 aliphatic rings. The summed E-state index contributed by atoms with van der Waals surface area (Å²) in [4.78, 5) is 29.8. The Morgan fingerprint density at radius 3 is 2.72 bits per heavy atom. The van der Waals surface area contributed by atoms with Crippen LogP contribution < -0.4 is 9.54 Å². The molecule has 0 aliphatic carbocycles. The first kappa shape index (κ1) is 21.1. The number of fused-ring (bicyclic) bond motifs is 1. The number of carbonyl (C=O) groups excluding carboxylic acids is 2. The van der Waals surface area contributed by atoms with Crippen LogP contribution >= 0.6 is 23.1 Å². The maximum absolute atomic E-state index is 12.7. The van der Waals surface area contributed by atoms with Crippen LogP contribution in [0, 0.1) is 0 Å². The van der Waals surface area contributed by atoms with Crippen LogP contribution in [0.3, 0.4) is 0 Å². The molecule has 3 rings (SSSR count). The van der Waals surface area contributed by atoms with E-state index in [0.29, 0.717) is 34.8 Å². The van der Waals surface area contributed by atoms with E-state index >= 15 is 0 Å². The molecular weight excluding hydrogens is 408 g/mol. The lowest BCUT2D eigenvalue weighted by atomic mass is 10.2. The second-order valence-electron chi connectivity index (χ2n) is 6.08. The average Bonchev–Trinajstić information content (AvgIpc) is 3.08. The molecule has 8 heteroatoms. The summed E-state index contributed by atoms with van der Waals surface area (Å²) in [5, 5.41) is 0. The SMILES string of the molecule is CCOC(=O)c1ccc2c(c1)sc(=NC(=O)c1cccc(OC)c1)n2CCSC. The number of rotatable bonds is 7. The van der Waals surface area contributed by atoms with Crippen molar-refractivity contribution in [2.75, 3.05) is 25.7 Å². The van der Waals surface area contributed by atoms with E-state index < -0.39 is 0 Å². The molecule has 0 fully saturated rings. The number of thioether (sulfide) groups is 1. The van der Waals surface area contributed by atoms with Gasteiger partial charge in [0.05, 0.1) is 29.5 Å². The van der Waals surface area contributed by atoms with E-state index in [9.17, 15) is 9.59 Å². The van der Waals surface area contributed by atoms with Crippen LogP contribution in [-0.2, 0) is 11.3 Å². The number of benzene rings is 2. The van der Waals surface area contributed by atoms with Crippen molar-refractivity contribution in [2.45, 2.75) is 13.5 Å². The summed E-state index contributed by atoms with van der Waals surface area (Å²) < 4.78 is 13.2. The molecule has 1 aromatic heterocycles. The van der Waals surface area contributed by atoms with Gasteiger partial charge in [0.2, 0.25) is 0 Å². The number of nitrogens with zero attached hydrogens (tertiary/aromatic N) is 2. The van der Waals surface area contributed by atoms with Gasteiger partial charge in [0, 0.05) is 17.9 Å². The summed E-state index contributed by atoms with van der Waals surface area (Å²) in [6.07, 6.45) is 2.03. The number of hydrogen-bond donors (Lipinski definition) is 0. The Morgan fingerprint density at radius 2 is 2.00 bits per heavy atom. The van der Waals surface area contributed by atoms with Crippen molar-refractivity contribution in [1.29, 1.82) is 0 Å². The first-order valence-electron chi connectivity index (χ1n) is 9.10. The first-order chi connectivity index (χ1) is 14.1. The highest BCUT2D eigenvalue weighted by molar-refractivity contribution is 7.98. The van der Waals surface area contributed by atoms with Gasteiger partial charge >= 0.3 is 5.97 Å². The van der Waals surface area contributed by atoms with E-state index in [1.807, 2.05) is 16.9 Å². The molecule has 29 heavy (non-hydrogen) atoms. The van der Waals surface area contributed by atoms with Gasteiger partial charge in [-0.05, 0) is 49.6 Å². The Kier molecular flexibility index (Phi) is 7.11.